The molecule has 0 unspecified atom stereocenters. The van der Waals surface area contributed by atoms with E-state index in [1.54, 1.807) is 0 Å². The Morgan fingerprint density at radius 2 is 2.00 bits per heavy atom. The Kier molecular flexibility index (Phi) is 2.58. The number of aromatic nitrogens is 2. The highest BCUT2D eigenvalue weighted by molar-refractivity contribution is 5.44. The van der Waals surface area contributed by atoms with Gasteiger partial charge in [-0.3, -0.25) is 0 Å². The molecular weight excluding hydrogens is 226 g/mol. The quantitative estimate of drug-likeness (QED) is 0.896. The van der Waals surface area contributed by atoms with Gasteiger partial charge in [0.05, 0.1) is 6.54 Å². The summed E-state index contributed by atoms with van der Waals surface area (Å²) in [6.45, 7) is 4.82. The molecule has 4 heteroatoms. The highest BCUT2D eigenvalue weighted by Crippen LogP contribution is 2.45. The molecule has 2 aromatic rings. The maximum atomic E-state index is 5.25. The maximum Gasteiger partial charge on any atom is 0.245 e. The molecular formula is C14H17N3O. The number of aryl methyl sites for hydroxylation is 1. The molecule has 3 rings (SSSR count). The summed E-state index contributed by atoms with van der Waals surface area (Å²) in [4.78, 5) is 4.44. The van der Waals surface area contributed by atoms with Crippen molar-refractivity contribution in [1.82, 2.24) is 10.1 Å². The number of rotatable bonds is 4. The monoisotopic (exact) mass is 243 g/mol. The van der Waals surface area contributed by atoms with Crippen molar-refractivity contribution < 1.29 is 4.52 Å². The molecule has 1 fully saturated rings. The molecule has 0 atom stereocenters. The van der Waals surface area contributed by atoms with E-state index in [4.69, 9.17) is 4.52 Å². The summed E-state index contributed by atoms with van der Waals surface area (Å²) >= 11 is 0. The van der Waals surface area contributed by atoms with E-state index in [1.807, 2.05) is 0 Å². The van der Waals surface area contributed by atoms with Gasteiger partial charge in [0.15, 0.2) is 5.82 Å². The van der Waals surface area contributed by atoms with Gasteiger partial charge >= 0.3 is 0 Å². The number of nitrogens with one attached hydrogen (secondary N) is 1. The van der Waals surface area contributed by atoms with Crippen LogP contribution in [0, 0.1) is 6.92 Å². The Morgan fingerprint density at radius 1 is 1.28 bits per heavy atom. The van der Waals surface area contributed by atoms with Gasteiger partial charge < -0.3 is 9.84 Å². The average molecular weight is 243 g/mol. The molecule has 0 radical (unpaired) electrons. The zero-order valence-electron chi connectivity index (χ0n) is 10.7. The van der Waals surface area contributed by atoms with Crippen molar-refractivity contribution in [3.05, 3.63) is 41.5 Å². The summed E-state index contributed by atoms with van der Waals surface area (Å²) in [7, 11) is 0. The second kappa shape index (κ2) is 4.12. The lowest BCUT2D eigenvalue weighted by Gasteiger charge is -2.03. The van der Waals surface area contributed by atoms with E-state index < -0.39 is 0 Å². The van der Waals surface area contributed by atoms with E-state index in [0.29, 0.717) is 12.4 Å². The van der Waals surface area contributed by atoms with Gasteiger partial charge in [-0.15, -0.1) is 0 Å². The Labute approximate surface area is 106 Å². The lowest BCUT2D eigenvalue weighted by molar-refractivity contribution is 0.374. The predicted octanol–water partition coefficient (Wildman–Crippen LogP) is 3.04. The van der Waals surface area contributed by atoms with E-state index in [2.05, 4.69) is 53.6 Å². The van der Waals surface area contributed by atoms with Crippen LogP contribution in [0.15, 0.2) is 28.8 Å². The smallest absolute Gasteiger partial charge is 0.245 e. The molecule has 1 aromatic carbocycles. The van der Waals surface area contributed by atoms with Crippen molar-refractivity contribution in [3.63, 3.8) is 0 Å². The van der Waals surface area contributed by atoms with Gasteiger partial charge in [0, 0.05) is 11.1 Å². The van der Waals surface area contributed by atoms with Crippen molar-refractivity contribution in [3.8, 4) is 0 Å². The summed E-state index contributed by atoms with van der Waals surface area (Å²) in [5.41, 5.74) is 2.49. The van der Waals surface area contributed by atoms with Crippen LogP contribution in [-0.2, 0) is 12.0 Å². The summed E-state index contributed by atoms with van der Waals surface area (Å²) in [5, 5.41) is 7.33. The molecule has 0 bridgehead atoms. The Balaban J connectivity index is 1.63. The third kappa shape index (κ3) is 2.23. The third-order valence-corrected chi connectivity index (χ3v) is 3.50. The van der Waals surface area contributed by atoms with E-state index in [0.717, 1.165) is 24.4 Å². The molecule has 0 saturated heterocycles. The number of benzene rings is 1. The lowest BCUT2D eigenvalue weighted by atomic mass is 10.1. The molecule has 1 heterocycles. The standard InChI is InChI=1S/C14H17N3O/c1-10-3-5-11(6-4-10)15-9-12-16-13(17-18-12)14(2)7-8-14/h3-6,15H,7-9H2,1-2H3. The summed E-state index contributed by atoms with van der Waals surface area (Å²) in [6.07, 6.45) is 2.33. The van der Waals surface area contributed by atoms with Gasteiger partial charge in [-0.25, -0.2) is 0 Å². The number of hydrogen-bond acceptors (Lipinski definition) is 4. The minimum atomic E-state index is 0.172. The summed E-state index contributed by atoms with van der Waals surface area (Å²) in [5.74, 6) is 1.50. The molecule has 1 saturated carbocycles. The molecule has 1 aliphatic rings. The van der Waals surface area contributed by atoms with Crippen LogP contribution in [0.1, 0.15) is 37.0 Å². The van der Waals surface area contributed by atoms with Gasteiger partial charge in [-0.05, 0) is 31.9 Å². The van der Waals surface area contributed by atoms with Crippen LogP contribution in [0.4, 0.5) is 5.69 Å². The van der Waals surface area contributed by atoms with Crippen molar-refractivity contribution in [2.75, 3.05) is 5.32 Å². The van der Waals surface area contributed by atoms with Crippen LogP contribution in [0.5, 0.6) is 0 Å². The fraction of sp³-hybridized carbons (Fsp3) is 0.429. The first-order valence-electron chi connectivity index (χ1n) is 6.29. The second-order valence-corrected chi connectivity index (χ2v) is 5.29. The molecule has 1 aliphatic carbocycles. The molecule has 94 valence electrons. The van der Waals surface area contributed by atoms with Crippen LogP contribution in [0.3, 0.4) is 0 Å². The zero-order valence-corrected chi connectivity index (χ0v) is 10.7. The van der Waals surface area contributed by atoms with E-state index in [1.165, 1.54) is 5.56 Å². The van der Waals surface area contributed by atoms with Crippen LogP contribution in [0.2, 0.25) is 0 Å². The zero-order chi connectivity index (χ0) is 12.6. The number of nitrogens with zero attached hydrogens (tertiary/aromatic N) is 2. The van der Waals surface area contributed by atoms with Gasteiger partial charge in [0.25, 0.3) is 0 Å². The minimum absolute atomic E-state index is 0.172. The third-order valence-electron chi connectivity index (χ3n) is 3.50. The van der Waals surface area contributed by atoms with Crippen LogP contribution >= 0.6 is 0 Å². The molecule has 4 nitrogen and oxygen atoms in total. The molecule has 0 amide bonds. The second-order valence-electron chi connectivity index (χ2n) is 5.29. The fourth-order valence-electron chi connectivity index (χ4n) is 1.83. The van der Waals surface area contributed by atoms with Crippen molar-refractivity contribution in [2.45, 2.75) is 38.6 Å². The SMILES string of the molecule is Cc1ccc(NCc2nc(C3(C)CC3)no2)cc1. The first kappa shape index (κ1) is 11.3. The van der Waals surface area contributed by atoms with Gasteiger partial charge in [0.1, 0.15) is 0 Å². The van der Waals surface area contributed by atoms with Crippen LogP contribution in [0.25, 0.3) is 0 Å². The first-order chi connectivity index (χ1) is 8.66. The molecule has 18 heavy (non-hydrogen) atoms. The summed E-state index contributed by atoms with van der Waals surface area (Å²) < 4.78 is 5.25. The fourth-order valence-corrected chi connectivity index (χ4v) is 1.83. The van der Waals surface area contributed by atoms with Gasteiger partial charge in [-0.2, -0.15) is 4.98 Å². The molecule has 0 aliphatic heterocycles. The highest BCUT2D eigenvalue weighted by Gasteiger charge is 2.43. The van der Waals surface area contributed by atoms with Gasteiger partial charge in [0.2, 0.25) is 5.89 Å². The molecule has 1 aromatic heterocycles. The van der Waals surface area contributed by atoms with Crippen molar-refractivity contribution in [2.24, 2.45) is 0 Å². The highest BCUT2D eigenvalue weighted by atomic mass is 16.5. The van der Waals surface area contributed by atoms with Crippen molar-refractivity contribution >= 4 is 5.69 Å². The molecule has 0 spiro atoms. The Bertz CT molecular complexity index is 540. The number of anilines is 1. The molecule has 1 N–H and O–H groups in total. The van der Waals surface area contributed by atoms with Crippen molar-refractivity contribution in [1.29, 1.82) is 0 Å². The Morgan fingerprint density at radius 3 is 2.67 bits per heavy atom. The van der Waals surface area contributed by atoms with Gasteiger partial charge in [-0.1, -0.05) is 29.8 Å². The average Bonchev–Trinajstić information content (AvgIpc) is 2.94. The van der Waals surface area contributed by atoms with Crippen LogP contribution < -0.4 is 5.32 Å². The summed E-state index contributed by atoms with van der Waals surface area (Å²) in [6, 6.07) is 8.25. The van der Waals surface area contributed by atoms with E-state index in [9.17, 15) is 0 Å². The van der Waals surface area contributed by atoms with E-state index >= 15 is 0 Å². The first-order valence-corrected chi connectivity index (χ1v) is 6.29. The number of hydrogen-bond donors (Lipinski definition) is 1. The largest absolute Gasteiger partial charge is 0.376 e. The van der Waals surface area contributed by atoms with E-state index in [-0.39, 0.29) is 5.41 Å². The predicted molar refractivity (Wildman–Crippen MR) is 69.4 cm³/mol. The maximum absolute atomic E-state index is 5.25. The normalized spacial score (nSPS) is 16.6. The Hall–Kier alpha value is -1.84. The lowest BCUT2D eigenvalue weighted by Crippen LogP contribution is -2.04. The van der Waals surface area contributed by atoms with Crippen LogP contribution in [-0.4, -0.2) is 10.1 Å². The minimum Gasteiger partial charge on any atom is -0.376 e. The topological polar surface area (TPSA) is 51.0 Å².